The zero-order valence-corrected chi connectivity index (χ0v) is 15.5. The molecule has 1 aliphatic rings. The largest absolute Gasteiger partial charge is 0.371 e. The number of hydrogen-bond acceptors (Lipinski definition) is 7. The molecule has 24 heavy (non-hydrogen) atoms. The van der Waals surface area contributed by atoms with Gasteiger partial charge in [0.15, 0.2) is 5.82 Å². The standard InChI is InChI=1S/C15H27N5O3.ClH/c1-4-22-12(2)15-17-13(23-18-15)11-19(3)8-5-14(21)20-9-6-16-7-10-20;/h12,16H,4-11H2,1-3H3;1H. The van der Waals surface area contributed by atoms with E-state index in [1.165, 1.54) is 0 Å². The van der Waals surface area contributed by atoms with Crippen molar-refractivity contribution in [1.29, 1.82) is 0 Å². The molecule has 9 heteroatoms. The fraction of sp³-hybridized carbons (Fsp3) is 0.800. The van der Waals surface area contributed by atoms with Crippen molar-refractivity contribution in [3.63, 3.8) is 0 Å². The minimum Gasteiger partial charge on any atom is -0.371 e. The van der Waals surface area contributed by atoms with Gasteiger partial charge in [-0.1, -0.05) is 5.16 Å². The molecule has 8 nitrogen and oxygen atoms in total. The molecule has 1 aromatic rings. The Morgan fingerprint density at radius 3 is 2.83 bits per heavy atom. The van der Waals surface area contributed by atoms with Gasteiger partial charge in [-0.15, -0.1) is 12.4 Å². The molecular weight excluding hydrogens is 334 g/mol. The van der Waals surface area contributed by atoms with E-state index in [1.54, 1.807) is 0 Å². The molecule has 1 atom stereocenters. The molecule has 1 fully saturated rings. The summed E-state index contributed by atoms with van der Waals surface area (Å²) in [5.41, 5.74) is 0. The minimum atomic E-state index is -0.169. The molecular formula is C15H28ClN5O3. The van der Waals surface area contributed by atoms with Crippen molar-refractivity contribution in [2.24, 2.45) is 0 Å². The lowest BCUT2D eigenvalue weighted by Gasteiger charge is -2.28. The molecule has 1 N–H and O–H groups in total. The molecule has 0 spiro atoms. The monoisotopic (exact) mass is 361 g/mol. The lowest BCUT2D eigenvalue weighted by Crippen LogP contribution is -2.47. The minimum absolute atomic E-state index is 0. The highest BCUT2D eigenvalue weighted by atomic mass is 35.5. The number of aromatic nitrogens is 2. The summed E-state index contributed by atoms with van der Waals surface area (Å²) in [5.74, 6) is 1.31. The third-order valence-corrected chi connectivity index (χ3v) is 3.85. The zero-order valence-electron chi connectivity index (χ0n) is 14.7. The van der Waals surface area contributed by atoms with E-state index < -0.39 is 0 Å². The maximum Gasteiger partial charge on any atom is 0.240 e. The predicted octanol–water partition coefficient (Wildman–Crippen LogP) is 0.843. The summed E-state index contributed by atoms with van der Waals surface area (Å²) in [4.78, 5) is 20.4. The number of carbonyl (C=O) groups excluding carboxylic acids is 1. The van der Waals surface area contributed by atoms with Crippen LogP contribution < -0.4 is 5.32 Å². The van der Waals surface area contributed by atoms with E-state index in [1.807, 2.05) is 30.7 Å². The molecule has 2 rings (SSSR count). The Hall–Kier alpha value is -1.22. The Labute approximate surface area is 149 Å². The van der Waals surface area contributed by atoms with Crippen LogP contribution in [0.5, 0.6) is 0 Å². The normalized spacial score (nSPS) is 16.1. The zero-order chi connectivity index (χ0) is 16.7. The van der Waals surface area contributed by atoms with Gasteiger partial charge in [0.25, 0.3) is 0 Å². The highest BCUT2D eigenvalue weighted by Gasteiger charge is 2.18. The van der Waals surface area contributed by atoms with E-state index in [0.717, 1.165) is 26.2 Å². The Morgan fingerprint density at radius 1 is 1.46 bits per heavy atom. The molecule has 0 bridgehead atoms. The van der Waals surface area contributed by atoms with Gasteiger partial charge in [-0.3, -0.25) is 9.69 Å². The van der Waals surface area contributed by atoms with E-state index in [-0.39, 0.29) is 24.4 Å². The SMILES string of the molecule is CCOC(C)c1noc(CN(C)CCC(=O)N2CCNCC2)n1.Cl. The highest BCUT2D eigenvalue weighted by molar-refractivity contribution is 5.85. The van der Waals surface area contributed by atoms with Gasteiger partial charge in [0, 0.05) is 45.8 Å². The number of carbonyl (C=O) groups is 1. The quantitative estimate of drug-likeness (QED) is 0.734. The van der Waals surface area contributed by atoms with Gasteiger partial charge < -0.3 is 19.5 Å². The summed E-state index contributed by atoms with van der Waals surface area (Å²) in [6.45, 7) is 8.99. The molecule has 0 radical (unpaired) electrons. The fourth-order valence-corrected chi connectivity index (χ4v) is 2.49. The van der Waals surface area contributed by atoms with E-state index in [4.69, 9.17) is 9.26 Å². The van der Waals surface area contributed by atoms with Crippen molar-refractivity contribution in [2.75, 3.05) is 46.4 Å². The summed E-state index contributed by atoms with van der Waals surface area (Å²) < 4.78 is 10.7. The second-order valence-corrected chi connectivity index (χ2v) is 5.76. The molecule has 0 aliphatic carbocycles. The van der Waals surface area contributed by atoms with Crippen molar-refractivity contribution in [3.05, 3.63) is 11.7 Å². The van der Waals surface area contributed by atoms with E-state index in [0.29, 0.717) is 37.8 Å². The first-order valence-electron chi connectivity index (χ1n) is 8.21. The van der Waals surface area contributed by atoms with Crippen LogP contribution in [0.4, 0.5) is 0 Å². The maximum atomic E-state index is 12.1. The third kappa shape index (κ3) is 6.35. The number of ether oxygens (including phenoxy) is 1. The van der Waals surface area contributed by atoms with Crippen molar-refractivity contribution in [1.82, 2.24) is 25.3 Å². The van der Waals surface area contributed by atoms with Crippen molar-refractivity contribution < 1.29 is 14.1 Å². The van der Waals surface area contributed by atoms with Gasteiger partial charge >= 0.3 is 0 Å². The summed E-state index contributed by atoms with van der Waals surface area (Å²) >= 11 is 0. The molecule has 0 saturated carbocycles. The molecule has 1 amide bonds. The van der Waals surface area contributed by atoms with Crippen molar-refractivity contribution >= 4 is 18.3 Å². The fourth-order valence-electron chi connectivity index (χ4n) is 2.49. The molecule has 1 saturated heterocycles. The van der Waals surface area contributed by atoms with Crippen LogP contribution in [0.2, 0.25) is 0 Å². The van der Waals surface area contributed by atoms with Gasteiger partial charge in [0.1, 0.15) is 6.10 Å². The van der Waals surface area contributed by atoms with Gasteiger partial charge in [-0.05, 0) is 20.9 Å². The van der Waals surface area contributed by atoms with Crippen LogP contribution in [0, 0.1) is 0 Å². The topological polar surface area (TPSA) is 83.7 Å². The Morgan fingerprint density at radius 2 is 2.17 bits per heavy atom. The first-order chi connectivity index (χ1) is 11.1. The Bertz CT molecular complexity index is 493. The van der Waals surface area contributed by atoms with Crippen LogP contribution in [-0.2, 0) is 16.1 Å². The van der Waals surface area contributed by atoms with Gasteiger partial charge in [0.05, 0.1) is 6.54 Å². The van der Waals surface area contributed by atoms with Gasteiger partial charge in [-0.25, -0.2) is 0 Å². The van der Waals surface area contributed by atoms with E-state index >= 15 is 0 Å². The molecule has 2 heterocycles. The third-order valence-electron chi connectivity index (χ3n) is 3.85. The summed E-state index contributed by atoms with van der Waals surface area (Å²) in [7, 11) is 1.95. The Kier molecular flexibility index (Phi) is 9.20. The molecule has 138 valence electrons. The molecule has 0 aromatic carbocycles. The smallest absolute Gasteiger partial charge is 0.240 e. The van der Waals surface area contributed by atoms with Crippen LogP contribution in [0.1, 0.15) is 38.1 Å². The Balaban J connectivity index is 0.00000288. The average molecular weight is 362 g/mol. The van der Waals surface area contributed by atoms with Crippen molar-refractivity contribution in [2.45, 2.75) is 32.9 Å². The summed E-state index contributed by atoms with van der Waals surface area (Å²) in [5, 5.41) is 7.18. The van der Waals surface area contributed by atoms with Gasteiger partial charge in [-0.2, -0.15) is 4.98 Å². The average Bonchev–Trinajstić information content (AvgIpc) is 3.02. The number of rotatable bonds is 8. The number of nitrogens with one attached hydrogen (secondary N) is 1. The molecule has 1 unspecified atom stereocenters. The van der Waals surface area contributed by atoms with Crippen LogP contribution >= 0.6 is 12.4 Å². The summed E-state index contributed by atoms with van der Waals surface area (Å²) in [6.07, 6.45) is 0.337. The van der Waals surface area contributed by atoms with Gasteiger partial charge in [0.2, 0.25) is 11.8 Å². The lowest BCUT2D eigenvalue weighted by molar-refractivity contribution is -0.132. The number of piperazine rings is 1. The second kappa shape index (κ2) is 10.6. The van der Waals surface area contributed by atoms with E-state index in [9.17, 15) is 4.79 Å². The first kappa shape index (κ1) is 20.8. The van der Waals surface area contributed by atoms with Crippen LogP contribution in [0.15, 0.2) is 4.52 Å². The van der Waals surface area contributed by atoms with Crippen LogP contribution in [0.25, 0.3) is 0 Å². The van der Waals surface area contributed by atoms with Crippen molar-refractivity contribution in [3.8, 4) is 0 Å². The number of halogens is 1. The number of hydrogen-bond donors (Lipinski definition) is 1. The number of nitrogens with zero attached hydrogens (tertiary/aromatic N) is 4. The predicted molar refractivity (Wildman–Crippen MR) is 92.0 cm³/mol. The maximum absolute atomic E-state index is 12.1. The lowest BCUT2D eigenvalue weighted by atomic mass is 10.3. The van der Waals surface area contributed by atoms with Crippen LogP contribution in [-0.4, -0.2) is 72.2 Å². The second-order valence-electron chi connectivity index (χ2n) is 5.76. The molecule has 1 aliphatic heterocycles. The van der Waals surface area contributed by atoms with Crippen LogP contribution in [0.3, 0.4) is 0 Å². The highest BCUT2D eigenvalue weighted by Crippen LogP contribution is 2.13. The summed E-state index contributed by atoms with van der Waals surface area (Å²) in [6, 6.07) is 0. The first-order valence-corrected chi connectivity index (χ1v) is 8.21. The molecule has 1 aromatic heterocycles. The number of amides is 1. The van der Waals surface area contributed by atoms with E-state index in [2.05, 4.69) is 15.5 Å².